The standard InChI is InChI=1S/C12H22N2O3/c1-3-4-9(12(16)17)6-14-11(15)10-7-13-5-8(10)2/h8-10,13H,3-7H2,1-2H3,(H,14,15)(H,16,17)/t8-,9?,10-/m1/s1. The SMILES string of the molecule is CCCC(CNC(=O)[C@@H]1CNC[C@H]1C)C(=O)O. The molecule has 1 aliphatic heterocycles. The van der Waals surface area contributed by atoms with E-state index in [4.69, 9.17) is 5.11 Å². The molecule has 0 aromatic heterocycles. The molecule has 3 atom stereocenters. The molecule has 1 unspecified atom stereocenters. The van der Waals surface area contributed by atoms with Crippen LogP contribution < -0.4 is 10.6 Å². The first-order chi connectivity index (χ1) is 8.06. The number of hydrogen-bond donors (Lipinski definition) is 3. The monoisotopic (exact) mass is 242 g/mol. The number of carbonyl (C=O) groups excluding carboxylic acids is 1. The van der Waals surface area contributed by atoms with Gasteiger partial charge in [0.2, 0.25) is 5.91 Å². The molecule has 5 nitrogen and oxygen atoms in total. The number of aliphatic carboxylic acids is 1. The van der Waals surface area contributed by atoms with Gasteiger partial charge < -0.3 is 15.7 Å². The lowest BCUT2D eigenvalue weighted by Gasteiger charge is -2.17. The van der Waals surface area contributed by atoms with Gasteiger partial charge in [0.05, 0.1) is 11.8 Å². The Kier molecular flexibility index (Phi) is 5.41. The summed E-state index contributed by atoms with van der Waals surface area (Å²) < 4.78 is 0. The molecule has 3 N–H and O–H groups in total. The minimum Gasteiger partial charge on any atom is -0.481 e. The average Bonchev–Trinajstić information content (AvgIpc) is 2.69. The summed E-state index contributed by atoms with van der Waals surface area (Å²) in [6, 6.07) is 0. The zero-order valence-electron chi connectivity index (χ0n) is 10.5. The second-order valence-electron chi connectivity index (χ2n) is 4.81. The lowest BCUT2D eigenvalue weighted by Crippen LogP contribution is -2.38. The zero-order chi connectivity index (χ0) is 12.8. The Bertz CT molecular complexity index is 281. The molecular weight excluding hydrogens is 220 g/mol. The minimum atomic E-state index is -0.829. The Hall–Kier alpha value is -1.10. The maximum Gasteiger partial charge on any atom is 0.308 e. The van der Waals surface area contributed by atoms with E-state index in [1.165, 1.54) is 0 Å². The fourth-order valence-corrected chi connectivity index (χ4v) is 2.18. The Morgan fingerprint density at radius 2 is 2.18 bits per heavy atom. The Balaban J connectivity index is 2.38. The van der Waals surface area contributed by atoms with Gasteiger partial charge in [-0.15, -0.1) is 0 Å². The Morgan fingerprint density at radius 3 is 2.65 bits per heavy atom. The number of rotatable bonds is 6. The second kappa shape index (κ2) is 6.59. The van der Waals surface area contributed by atoms with E-state index in [0.29, 0.717) is 18.9 Å². The lowest BCUT2D eigenvalue weighted by atomic mass is 9.96. The summed E-state index contributed by atoms with van der Waals surface area (Å²) in [7, 11) is 0. The molecule has 1 rings (SSSR count). The zero-order valence-corrected chi connectivity index (χ0v) is 10.5. The maximum atomic E-state index is 11.8. The first-order valence-electron chi connectivity index (χ1n) is 6.27. The molecule has 0 radical (unpaired) electrons. The van der Waals surface area contributed by atoms with Crippen LogP contribution in [0, 0.1) is 17.8 Å². The van der Waals surface area contributed by atoms with Crippen molar-refractivity contribution in [3.63, 3.8) is 0 Å². The topological polar surface area (TPSA) is 78.4 Å². The third-order valence-electron chi connectivity index (χ3n) is 3.36. The summed E-state index contributed by atoms with van der Waals surface area (Å²) in [4.78, 5) is 22.8. The van der Waals surface area contributed by atoms with Crippen LogP contribution in [-0.4, -0.2) is 36.6 Å². The molecule has 98 valence electrons. The van der Waals surface area contributed by atoms with Crippen molar-refractivity contribution in [2.45, 2.75) is 26.7 Å². The molecule has 1 fully saturated rings. The van der Waals surface area contributed by atoms with Gasteiger partial charge in [-0.2, -0.15) is 0 Å². The number of hydrogen-bond acceptors (Lipinski definition) is 3. The molecule has 0 aromatic rings. The van der Waals surface area contributed by atoms with Gasteiger partial charge in [-0.25, -0.2) is 0 Å². The van der Waals surface area contributed by atoms with E-state index < -0.39 is 11.9 Å². The van der Waals surface area contributed by atoms with Gasteiger partial charge in [-0.05, 0) is 18.9 Å². The molecule has 17 heavy (non-hydrogen) atoms. The van der Waals surface area contributed by atoms with Gasteiger partial charge in [0.25, 0.3) is 0 Å². The van der Waals surface area contributed by atoms with E-state index in [0.717, 1.165) is 13.0 Å². The average molecular weight is 242 g/mol. The molecule has 5 heteroatoms. The lowest BCUT2D eigenvalue weighted by molar-refractivity contribution is -0.142. The molecule has 1 amide bonds. The van der Waals surface area contributed by atoms with Crippen LogP contribution in [0.2, 0.25) is 0 Å². The van der Waals surface area contributed by atoms with Gasteiger partial charge in [0.1, 0.15) is 0 Å². The third-order valence-corrected chi connectivity index (χ3v) is 3.36. The van der Waals surface area contributed by atoms with Gasteiger partial charge in [0, 0.05) is 13.1 Å². The van der Waals surface area contributed by atoms with Crippen LogP contribution in [0.5, 0.6) is 0 Å². The molecule has 1 heterocycles. The van der Waals surface area contributed by atoms with Crippen LogP contribution >= 0.6 is 0 Å². The molecule has 1 saturated heterocycles. The van der Waals surface area contributed by atoms with Gasteiger partial charge in [0.15, 0.2) is 0 Å². The van der Waals surface area contributed by atoms with Crippen molar-refractivity contribution >= 4 is 11.9 Å². The van der Waals surface area contributed by atoms with Crippen molar-refractivity contribution in [3.05, 3.63) is 0 Å². The predicted octanol–water partition coefficient (Wildman–Crippen LogP) is 0.459. The summed E-state index contributed by atoms with van der Waals surface area (Å²) in [6.07, 6.45) is 1.42. The predicted molar refractivity (Wildman–Crippen MR) is 64.6 cm³/mol. The highest BCUT2D eigenvalue weighted by Crippen LogP contribution is 2.16. The second-order valence-corrected chi connectivity index (χ2v) is 4.81. The van der Waals surface area contributed by atoms with Crippen molar-refractivity contribution < 1.29 is 14.7 Å². The molecular formula is C12H22N2O3. The number of carboxylic acid groups (broad SMARTS) is 1. The van der Waals surface area contributed by atoms with E-state index >= 15 is 0 Å². The summed E-state index contributed by atoms with van der Waals surface area (Å²) in [5, 5.41) is 14.9. The van der Waals surface area contributed by atoms with E-state index in [2.05, 4.69) is 10.6 Å². The van der Waals surface area contributed by atoms with Gasteiger partial charge in [-0.1, -0.05) is 20.3 Å². The largest absolute Gasteiger partial charge is 0.481 e. The van der Waals surface area contributed by atoms with E-state index in [9.17, 15) is 9.59 Å². The number of carboxylic acids is 1. The Labute approximate surface area is 102 Å². The first-order valence-corrected chi connectivity index (χ1v) is 6.27. The summed E-state index contributed by atoms with van der Waals surface area (Å²) in [5.41, 5.74) is 0. The quantitative estimate of drug-likeness (QED) is 0.632. The molecule has 0 aromatic carbocycles. The highest BCUT2D eigenvalue weighted by molar-refractivity contribution is 5.80. The normalized spacial score (nSPS) is 25.5. The molecule has 0 aliphatic carbocycles. The van der Waals surface area contributed by atoms with Crippen LogP contribution in [0.4, 0.5) is 0 Å². The number of amides is 1. The fraction of sp³-hybridized carbons (Fsp3) is 0.833. The Morgan fingerprint density at radius 1 is 1.47 bits per heavy atom. The summed E-state index contributed by atoms with van der Waals surface area (Å²) in [5.74, 6) is -1.02. The van der Waals surface area contributed by atoms with Crippen molar-refractivity contribution in [1.82, 2.24) is 10.6 Å². The first kappa shape index (κ1) is 14.0. The highest BCUT2D eigenvalue weighted by Gasteiger charge is 2.30. The fourth-order valence-electron chi connectivity index (χ4n) is 2.18. The van der Waals surface area contributed by atoms with Crippen LogP contribution in [-0.2, 0) is 9.59 Å². The summed E-state index contributed by atoms with van der Waals surface area (Å²) >= 11 is 0. The van der Waals surface area contributed by atoms with E-state index in [-0.39, 0.29) is 18.4 Å². The van der Waals surface area contributed by atoms with Crippen molar-refractivity contribution in [1.29, 1.82) is 0 Å². The van der Waals surface area contributed by atoms with Gasteiger partial charge >= 0.3 is 5.97 Å². The van der Waals surface area contributed by atoms with Crippen LogP contribution in [0.15, 0.2) is 0 Å². The van der Waals surface area contributed by atoms with Crippen LogP contribution in [0.25, 0.3) is 0 Å². The molecule has 0 bridgehead atoms. The van der Waals surface area contributed by atoms with Gasteiger partial charge in [-0.3, -0.25) is 9.59 Å². The van der Waals surface area contributed by atoms with Crippen molar-refractivity contribution in [3.8, 4) is 0 Å². The van der Waals surface area contributed by atoms with Crippen molar-refractivity contribution in [2.24, 2.45) is 17.8 Å². The molecule has 1 aliphatic rings. The molecule has 0 saturated carbocycles. The number of nitrogens with one attached hydrogen (secondary N) is 2. The van der Waals surface area contributed by atoms with Crippen LogP contribution in [0.1, 0.15) is 26.7 Å². The summed E-state index contributed by atoms with van der Waals surface area (Å²) in [6.45, 7) is 5.77. The van der Waals surface area contributed by atoms with Crippen LogP contribution in [0.3, 0.4) is 0 Å². The number of carbonyl (C=O) groups is 2. The highest BCUT2D eigenvalue weighted by atomic mass is 16.4. The molecule has 0 spiro atoms. The van der Waals surface area contributed by atoms with E-state index in [1.807, 2.05) is 13.8 Å². The minimum absolute atomic E-state index is 0.0222. The van der Waals surface area contributed by atoms with E-state index in [1.54, 1.807) is 0 Å². The smallest absolute Gasteiger partial charge is 0.308 e. The third kappa shape index (κ3) is 4.00. The van der Waals surface area contributed by atoms with Crippen molar-refractivity contribution in [2.75, 3.05) is 19.6 Å². The maximum absolute atomic E-state index is 11.8.